The lowest BCUT2D eigenvalue weighted by Gasteiger charge is -2.16. The molecule has 3 aromatic rings. The number of aryl methyl sites for hydroxylation is 3. The predicted molar refractivity (Wildman–Crippen MR) is 105 cm³/mol. The molecule has 0 aromatic carbocycles. The van der Waals surface area contributed by atoms with Gasteiger partial charge in [-0.05, 0) is 78.6 Å². The van der Waals surface area contributed by atoms with Crippen molar-refractivity contribution in [1.82, 2.24) is 29.8 Å². The Labute approximate surface area is 190 Å². The lowest BCUT2D eigenvalue weighted by Crippen LogP contribution is -2.50. The van der Waals surface area contributed by atoms with Crippen LogP contribution in [0.25, 0.3) is 0 Å². The smallest absolute Gasteiger partial charge is 0.380 e. The Bertz CT molecular complexity index is 1400. The second-order valence-electron chi connectivity index (χ2n) is 5.69. The van der Waals surface area contributed by atoms with Crippen LogP contribution in [0.2, 0.25) is 0 Å². The molecule has 0 fully saturated rings. The molecule has 0 aliphatic carbocycles. The van der Waals surface area contributed by atoms with E-state index < -0.39 is 82.6 Å². The second kappa shape index (κ2) is 7.25. The van der Waals surface area contributed by atoms with Crippen molar-refractivity contribution in [3.05, 3.63) is 50.9 Å². The van der Waals surface area contributed by atoms with Crippen LogP contribution in [0.4, 0.5) is 0 Å². The number of aromatic nitrogens is 6. The minimum atomic E-state index is -3.10. The van der Waals surface area contributed by atoms with E-state index in [0.717, 1.165) is 20.8 Å². The van der Waals surface area contributed by atoms with Crippen LogP contribution in [0.1, 0.15) is 75.5 Å². The summed E-state index contributed by atoms with van der Waals surface area (Å²) in [7, 11) is -2.60. The van der Waals surface area contributed by atoms with E-state index >= 15 is 0 Å². The largest absolute Gasteiger partial charge is 0.929 e. The molecular formula is C18H27BN6O3. The van der Waals surface area contributed by atoms with Crippen molar-refractivity contribution in [3.8, 4) is 0 Å². The Kier molecular flexibility index (Phi) is 1.86. The predicted octanol–water partition coefficient (Wildman–Crippen LogP) is 1.72. The second-order valence-corrected chi connectivity index (χ2v) is 5.69. The average molecular weight is 404 g/mol. The maximum absolute atomic E-state index is 7.91. The van der Waals surface area contributed by atoms with Crippen molar-refractivity contribution >= 4 is 7.32 Å². The van der Waals surface area contributed by atoms with E-state index in [1.54, 1.807) is 0 Å². The normalized spacial score (nSPS) is 23.2. The fourth-order valence-corrected chi connectivity index (χ4v) is 1.95. The maximum Gasteiger partial charge on any atom is 0.929 e. The summed E-state index contributed by atoms with van der Waals surface area (Å²) in [5.74, 6) is 0. The lowest BCUT2D eigenvalue weighted by molar-refractivity contribution is 0.0350. The summed E-state index contributed by atoms with van der Waals surface area (Å²) >= 11 is 0. The monoisotopic (exact) mass is 404 g/mol. The highest BCUT2D eigenvalue weighted by Crippen LogP contribution is 2.13. The third kappa shape index (κ3) is 3.46. The SMILES string of the molecule is [2H]C([2H])([2H])c1nn(OB(On2nc(C([2H])([2H])[2H])c(C)c2C([2H])([2H])[2H])On2nc(C([2H])([2H])[2H])c(C)c2C([2H])([2H])[2H])c(C([2H])([2H])[2H])c1C. The minimum absolute atomic E-state index is 0.167. The highest BCUT2D eigenvalue weighted by atomic mass is 16.9. The molecule has 0 unspecified atom stereocenters. The van der Waals surface area contributed by atoms with Gasteiger partial charge in [-0.15, -0.1) is 29.8 Å². The summed E-state index contributed by atoms with van der Waals surface area (Å²) in [5, 5.41) is 11.1. The Morgan fingerprint density at radius 3 is 1.18 bits per heavy atom. The van der Waals surface area contributed by atoms with Gasteiger partial charge in [-0.1, -0.05) is 0 Å². The Morgan fingerprint density at radius 2 is 0.929 bits per heavy atom. The van der Waals surface area contributed by atoms with Crippen LogP contribution >= 0.6 is 0 Å². The molecule has 150 valence electrons. The van der Waals surface area contributed by atoms with Gasteiger partial charge in [0.2, 0.25) is 0 Å². The molecule has 3 rings (SSSR count). The van der Waals surface area contributed by atoms with Gasteiger partial charge >= 0.3 is 7.32 Å². The molecule has 0 saturated heterocycles. The fraction of sp³-hybridized carbons (Fsp3) is 0.500. The van der Waals surface area contributed by atoms with Gasteiger partial charge in [0.15, 0.2) is 0 Å². The molecule has 28 heavy (non-hydrogen) atoms. The molecule has 9 nitrogen and oxygen atoms in total. The van der Waals surface area contributed by atoms with Gasteiger partial charge in [0, 0.05) is 24.7 Å². The van der Waals surface area contributed by atoms with E-state index in [1.165, 1.54) is 0 Å². The fourth-order valence-electron chi connectivity index (χ4n) is 1.95. The van der Waals surface area contributed by atoms with Gasteiger partial charge in [0.25, 0.3) is 0 Å². The number of rotatable bonds is 6. The van der Waals surface area contributed by atoms with E-state index in [4.69, 9.17) is 38.9 Å². The molecule has 3 heterocycles. The van der Waals surface area contributed by atoms with Crippen molar-refractivity contribution < 1.29 is 38.9 Å². The zero-order chi connectivity index (χ0) is 35.7. The molecule has 0 spiro atoms. The first-order valence-corrected chi connectivity index (χ1v) is 7.70. The van der Waals surface area contributed by atoms with Gasteiger partial charge in [-0.2, -0.15) is 0 Å². The van der Waals surface area contributed by atoms with E-state index in [0.29, 0.717) is 0 Å². The van der Waals surface area contributed by atoms with Crippen molar-refractivity contribution in [2.75, 3.05) is 0 Å². The first-order valence-electron chi connectivity index (χ1n) is 16.7. The summed E-state index contributed by atoms with van der Waals surface area (Å²) in [4.78, 5) is 0.502. The summed E-state index contributed by atoms with van der Waals surface area (Å²) in [6, 6.07) is 0. The topological polar surface area (TPSA) is 81.1 Å². The molecule has 0 bridgehead atoms. The van der Waals surface area contributed by atoms with Crippen LogP contribution in [-0.4, -0.2) is 37.2 Å². The Balaban J connectivity index is 2.33. The molecular weight excluding hydrogens is 359 g/mol. The summed E-state index contributed by atoms with van der Waals surface area (Å²) in [6.45, 7) is -14.9. The number of nitrogens with zero attached hydrogens (tertiary/aromatic N) is 6. The number of hydrogen-bond donors (Lipinski definition) is 0. The zero-order valence-corrected chi connectivity index (χ0v) is 15.0. The van der Waals surface area contributed by atoms with Crippen LogP contribution < -0.4 is 14.3 Å². The van der Waals surface area contributed by atoms with Crippen LogP contribution in [0.5, 0.6) is 0 Å². The standard InChI is InChI=1S/C18H27BN6O3/c1-10-13(4)20-23(16(10)7)26-19(27-24-17(8)11(2)14(5)21-24)28-25-18(9)12(3)15(6)22-25/h1-9H3/i4D3,5D3,6D3,7D3,8D3,9D3. The molecule has 0 N–H and O–H groups in total. The Morgan fingerprint density at radius 1 is 0.607 bits per heavy atom. The molecule has 0 saturated carbocycles. The van der Waals surface area contributed by atoms with Crippen LogP contribution in [0.15, 0.2) is 0 Å². The van der Waals surface area contributed by atoms with Gasteiger partial charge in [0.05, 0.1) is 34.2 Å². The van der Waals surface area contributed by atoms with E-state index in [9.17, 15) is 0 Å². The van der Waals surface area contributed by atoms with E-state index in [2.05, 4.69) is 15.3 Å². The summed E-state index contributed by atoms with van der Waals surface area (Å²) < 4.78 is 157. The summed E-state index contributed by atoms with van der Waals surface area (Å²) in [6.07, 6.45) is 0. The van der Waals surface area contributed by atoms with Crippen LogP contribution in [0.3, 0.4) is 0 Å². The Hall–Kier alpha value is -2.91. The first kappa shape index (κ1) is 7.16. The highest BCUT2D eigenvalue weighted by Gasteiger charge is 2.37. The van der Waals surface area contributed by atoms with Crippen molar-refractivity contribution in [1.29, 1.82) is 0 Å². The van der Waals surface area contributed by atoms with Gasteiger partial charge < -0.3 is 14.3 Å². The van der Waals surface area contributed by atoms with Crippen LogP contribution in [-0.2, 0) is 0 Å². The average Bonchev–Trinajstić information content (AvgIpc) is 3.42. The quantitative estimate of drug-likeness (QED) is 0.582. The third-order valence-electron chi connectivity index (χ3n) is 3.84. The highest BCUT2D eigenvalue weighted by molar-refractivity contribution is 6.37. The van der Waals surface area contributed by atoms with Crippen molar-refractivity contribution in [3.63, 3.8) is 0 Å². The van der Waals surface area contributed by atoms with E-state index in [-0.39, 0.29) is 31.2 Å². The molecule has 0 aliphatic heterocycles. The zero-order valence-electron chi connectivity index (χ0n) is 33.0. The molecule has 0 amide bonds. The van der Waals surface area contributed by atoms with Gasteiger partial charge in [-0.3, -0.25) is 0 Å². The van der Waals surface area contributed by atoms with Crippen LogP contribution in [0, 0.1) is 61.9 Å². The molecule has 0 aliphatic rings. The first-order chi connectivity index (χ1) is 20.4. The van der Waals surface area contributed by atoms with E-state index in [1.807, 2.05) is 0 Å². The molecule has 0 radical (unpaired) electrons. The molecule has 0 atom stereocenters. The molecule has 3 aromatic heterocycles. The van der Waals surface area contributed by atoms with Gasteiger partial charge in [-0.25, -0.2) is 0 Å². The minimum Gasteiger partial charge on any atom is -0.380 e. The summed E-state index contributed by atoms with van der Waals surface area (Å²) in [5.41, 5.74) is -5.76. The molecule has 10 heteroatoms. The van der Waals surface area contributed by atoms with Crippen molar-refractivity contribution in [2.45, 2.75) is 61.9 Å². The third-order valence-corrected chi connectivity index (χ3v) is 3.84. The van der Waals surface area contributed by atoms with Gasteiger partial charge in [0.1, 0.15) is 0 Å². The number of hydrogen-bond acceptors (Lipinski definition) is 6. The maximum atomic E-state index is 7.91. The lowest BCUT2D eigenvalue weighted by atomic mass is 10.2. The van der Waals surface area contributed by atoms with Crippen molar-refractivity contribution in [2.24, 2.45) is 0 Å².